The quantitative estimate of drug-likeness (QED) is 0.834. The van der Waals surface area contributed by atoms with E-state index in [2.05, 4.69) is 16.8 Å². The fourth-order valence-corrected chi connectivity index (χ4v) is 4.65. The van der Waals surface area contributed by atoms with E-state index >= 15 is 0 Å². The Morgan fingerprint density at radius 3 is 2.67 bits per heavy atom. The Kier molecular flexibility index (Phi) is 7.15. The van der Waals surface area contributed by atoms with Crippen molar-refractivity contribution in [2.75, 3.05) is 52.9 Å². The van der Waals surface area contributed by atoms with Gasteiger partial charge in [-0.05, 0) is 51.3 Å². The summed E-state index contributed by atoms with van der Waals surface area (Å²) in [5, 5.41) is 9.86. The lowest BCUT2D eigenvalue weighted by Crippen LogP contribution is -2.57. The van der Waals surface area contributed by atoms with E-state index in [0.29, 0.717) is 22.5 Å². The second-order valence-electron chi connectivity index (χ2n) is 8.06. The summed E-state index contributed by atoms with van der Waals surface area (Å²) in [5.74, 6) is 0.441. The van der Waals surface area contributed by atoms with E-state index in [-0.39, 0.29) is 12.5 Å². The molecule has 2 atom stereocenters. The van der Waals surface area contributed by atoms with Crippen LogP contribution in [0.15, 0.2) is 18.2 Å². The number of nitrogens with zero attached hydrogens (tertiary/aromatic N) is 3. The van der Waals surface area contributed by atoms with Crippen LogP contribution in [-0.4, -0.2) is 84.7 Å². The van der Waals surface area contributed by atoms with Gasteiger partial charge in [-0.1, -0.05) is 23.2 Å². The van der Waals surface area contributed by atoms with Crippen LogP contribution in [-0.2, 0) is 0 Å². The summed E-state index contributed by atoms with van der Waals surface area (Å²) in [6, 6.07) is 6.13. The average molecular weight is 394 g/mol. The van der Waals surface area contributed by atoms with Crippen molar-refractivity contribution in [2.45, 2.75) is 32.2 Å². The lowest BCUT2D eigenvalue weighted by atomic mass is 9.86. The fourth-order valence-electron chi connectivity index (χ4n) is 4.45. The molecule has 1 amide bonds. The Morgan fingerprint density at radius 2 is 1.96 bits per heavy atom. The highest BCUT2D eigenvalue weighted by molar-refractivity contribution is 6.33. The Balaban J connectivity index is 1.71. The molecular weight excluding hydrogens is 362 g/mol. The second kappa shape index (κ2) is 9.37. The number of carbonyl (C=O) groups excluding carboxylic acids is 1. The second-order valence-corrected chi connectivity index (χ2v) is 8.46. The summed E-state index contributed by atoms with van der Waals surface area (Å²) in [6.07, 6.45) is 2.75. The summed E-state index contributed by atoms with van der Waals surface area (Å²) in [5.41, 5.74) is 1.66. The molecule has 150 valence electrons. The van der Waals surface area contributed by atoms with E-state index in [0.717, 1.165) is 64.1 Å². The molecule has 6 heteroatoms. The van der Waals surface area contributed by atoms with Crippen molar-refractivity contribution >= 4 is 17.5 Å². The molecule has 0 aliphatic carbocycles. The van der Waals surface area contributed by atoms with Gasteiger partial charge in [0, 0.05) is 51.9 Å². The van der Waals surface area contributed by atoms with Gasteiger partial charge in [-0.15, -0.1) is 0 Å². The third-order valence-electron chi connectivity index (χ3n) is 6.07. The van der Waals surface area contributed by atoms with Gasteiger partial charge in [0.1, 0.15) is 0 Å². The fraction of sp³-hybridized carbons (Fsp3) is 0.667. The highest BCUT2D eigenvalue weighted by atomic mass is 35.5. The van der Waals surface area contributed by atoms with Crippen molar-refractivity contribution in [3.05, 3.63) is 34.3 Å². The molecule has 1 aromatic rings. The predicted molar refractivity (Wildman–Crippen MR) is 109 cm³/mol. The maximum atomic E-state index is 13.1. The number of hydrogen-bond acceptors (Lipinski definition) is 4. The van der Waals surface area contributed by atoms with Gasteiger partial charge in [0.2, 0.25) is 0 Å². The van der Waals surface area contributed by atoms with Crippen LogP contribution in [0.4, 0.5) is 0 Å². The summed E-state index contributed by atoms with van der Waals surface area (Å²) < 4.78 is 0. The van der Waals surface area contributed by atoms with E-state index in [1.807, 2.05) is 30.0 Å². The number of aryl methyl sites for hydroxylation is 1. The standard InChI is InChI=1S/C21H32ClN3O2/c1-16-5-6-19(22)18(14-16)21(27)25-8-7-20(17(15-25)4-3-13-26)24-11-9-23(2)10-12-24/h5-6,14,17,20,26H,3-4,7-13,15H2,1-2H3/t17-,20+/m0/s1. The first kappa shape index (κ1) is 20.6. The third-order valence-corrected chi connectivity index (χ3v) is 6.40. The van der Waals surface area contributed by atoms with Crippen molar-refractivity contribution in [3.8, 4) is 0 Å². The molecule has 2 heterocycles. The number of halogens is 1. The molecule has 0 bridgehead atoms. The molecule has 0 aromatic heterocycles. The predicted octanol–water partition coefficient (Wildman–Crippen LogP) is 2.50. The Labute approximate surface area is 167 Å². The third kappa shape index (κ3) is 5.02. The van der Waals surface area contributed by atoms with Crippen LogP contribution >= 0.6 is 11.6 Å². The van der Waals surface area contributed by atoms with E-state index in [1.54, 1.807) is 0 Å². The first-order valence-corrected chi connectivity index (χ1v) is 10.5. The lowest BCUT2D eigenvalue weighted by molar-refractivity contribution is 0.0218. The molecule has 1 aromatic carbocycles. The maximum absolute atomic E-state index is 13.1. The van der Waals surface area contributed by atoms with Gasteiger partial charge in [-0.25, -0.2) is 0 Å². The van der Waals surface area contributed by atoms with Gasteiger partial charge in [-0.2, -0.15) is 0 Å². The van der Waals surface area contributed by atoms with E-state index in [4.69, 9.17) is 11.6 Å². The molecular formula is C21H32ClN3O2. The molecule has 1 N–H and O–H groups in total. The minimum Gasteiger partial charge on any atom is -0.396 e. The molecule has 0 unspecified atom stereocenters. The van der Waals surface area contributed by atoms with Crippen molar-refractivity contribution in [1.29, 1.82) is 0 Å². The topological polar surface area (TPSA) is 47.0 Å². The number of carbonyl (C=O) groups is 1. The molecule has 0 saturated carbocycles. The number of piperazine rings is 1. The number of rotatable bonds is 5. The number of hydrogen-bond donors (Lipinski definition) is 1. The van der Waals surface area contributed by atoms with Crippen molar-refractivity contribution in [2.24, 2.45) is 5.92 Å². The minimum atomic E-state index is 0.0366. The van der Waals surface area contributed by atoms with Crippen LogP contribution in [0.2, 0.25) is 5.02 Å². The Morgan fingerprint density at radius 1 is 1.22 bits per heavy atom. The number of likely N-dealkylation sites (tertiary alicyclic amines) is 1. The smallest absolute Gasteiger partial charge is 0.255 e. The molecule has 0 radical (unpaired) electrons. The Bertz CT molecular complexity index is 646. The largest absolute Gasteiger partial charge is 0.396 e. The van der Waals surface area contributed by atoms with Gasteiger partial charge < -0.3 is 14.9 Å². The van der Waals surface area contributed by atoms with Gasteiger partial charge >= 0.3 is 0 Å². The zero-order valence-electron chi connectivity index (χ0n) is 16.5. The van der Waals surface area contributed by atoms with Crippen LogP contribution in [0.3, 0.4) is 0 Å². The summed E-state index contributed by atoms with van der Waals surface area (Å²) in [7, 11) is 2.17. The molecule has 2 aliphatic rings. The average Bonchev–Trinajstić information content (AvgIpc) is 2.68. The lowest BCUT2D eigenvalue weighted by Gasteiger charge is -2.46. The molecule has 27 heavy (non-hydrogen) atoms. The van der Waals surface area contributed by atoms with Crippen molar-refractivity contribution < 1.29 is 9.90 Å². The molecule has 0 spiro atoms. The molecule has 5 nitrogen and oxygen atoms in total. The number of aliphatic hydroxyl groups is 1. The molecule has 2 saturated heterocycles. The highest BCUT2D eigenvalue weighted by Gasteiger charge is 2.36. The first-order valence-electron chi connectivity index (χ1n) is 10.1. The number of likely N-dealkylation sites (N-methyl/N-ethyl adjacent to an activating group) is 1. The SMILES string of the molecule is Cc1ccc(Cl)c(C(=O)N2CC[C@@H](N3CCN(C)CC3)[C@@H](CCCO)C2)c1. The normalized spacial score (nSPS) is 25.0. The van der Waals surface area contributed by atoms with E-state index < -0.39 is 0 Å². The Hall–Kier alpha value is -1.14. The summed E-state index contributed by atoms with van der Waals surface area (Å²) in [6.45, 7) is 8.11. The van der Waals surface area contributed by atoms with Gasteiger partial charge in [0.15, 0.2) is 0 Å². The first-order chi connectivity index (χ1) is 13.0. The van der Waals surface area contributed by atoms with Gasteiger partial charge in [0.25, 0.3) is 5.91 Å². The van der Waals surface area contributed by atoms with Crippen LogP contribution in [0.1, 0.15) is 35.2 Å². The number of aliphatic hydroxyl groups excluding tert-OH is 1. The monoisotopic (exact) mass is 393 g/mol. The maximum Gasteiger partial charge on any atom is 0.255 e. The molecule has 3 rings (SSSR count). The van der Waals surface area contributed by atoms with E-state index in [1.165, 1.54) is 0 Å². The molecule has 2 fully saturated rings. The number of benzene rings is 1. The van der Waals surface area contributed by atoms with Crippen LogP contribution in [0, 0.1) is 12.8 Å². The van der Waals surface area contributed by atoms with Crippen LogP contribution in [0.25, 0.3) is 0 Å². The van der Waals surface area contributed by atoms with Crippen LogP contribution in [0.5, 0.6) is 0 Å². The van der Waals surface area contributed by atoms with E-state index in [9.17, 15) is 9.90 Å². The van der Waals surface area contributed by atoms with Crippen molar-refractivity contribution in [1.82, 2.24) is 14.7 Å². The summed E-state index contributed by atoms with van der Waals surface area (Å²) >= 11 is 6.30. The minimum absolute atomic E-state index is 0.0366. The number of piperidine rings is 1. The molecule has 2 aliphatic heterocycles. The summed E-state index contributed by atoms with van der Waals surface area (Å²) in [4.78, 5) is 20.0. The zero-order valence-corrected chi connectivity index (χ0v) is 17.3. The van der Waals surface area contributed by atoms with Crippen LogP contribution < -0.4 is 0 Å². The van der Waals surface area contributed by atoms with Crippen molar-refractivity contribution in [3.63, 3.8) is 0 Å². The number of amides is 1. The highest BCUT2D eigenvalue weighted by Crippen LogP contribution is 2.29. The van der Waals surface area contributed by atoms with Gasteiger partial charge in [-0.3, -0.25) is 9.69 Å². The van der Waals surface area contributed by atoms with Gasteiger partial charge in [0.05, 0.1) is 10.6 Å². The zero-order chi connectivity index (χ0) is 19.4.